The Morgan fingerprint density at radius 3 is 2.24 bits per heavy atom. The molecule has 2 saturated heterocycles. The minimum absolute atomic E-state index is 0.0355. The van der Waals surface area contributed by atoms with E-state index in [1.807, 2.05) is 24.3 Å². The number of nitrogens with one attached hydrogen (secondary N) is 1. The molecule has 3 rings (SSSR count). The molecule has 2 unspecified atom stereocenters. The van der Waals surface area contributed by atoms with Gasteiger partial charge in [0.15, 0.2) is 0 Å². The molecule has 1 aromatic carbocycles. The number of likely N-dealkylation sites (N-methyl/N-ethyl adjacent to an activating group) is 1. The maximum absolute atomic E-state index is 13.1. The molecule has 0 aromatic heterocycles. The number of fused-ring (bicyclic) bond motifs is 1. The molecule has 0 radical (unpaired) electrons. The van der Waals surface area contributed by atoms with Gasteiger partial charge in [-0.1, -0.05) is 52.2 Å². The molecule has 38 heavy (non-hydrogen) atoms. The summed E-state index contributed by atoms with van der Waals surface area (Å²) in [5.74, 6) is 1.46. The van der Waals surface area contributed by atoms with Gasteiger partial charge in [-0.15, -0.1) is 0 Å². The normalized spacial score (nSPS) is 19.7. The molecule has 2 aliphatic rings. The van der Waals surface area contributed by atoms with Gasteiger partial charge >= 0.3 is 6.03 Å². The van der Waals surface area contributed by atoms with Crippen LogP contribution >= 0.6 is 0 Å². The Hall–Kier alpha value is -2.85. The van der Waals surface area contributed by atoms with Gasteiger partial charge in [0.2, 0.25) is 11.8 Å². The number of hydrazine groups is 1. The van der Waals surface area contributed by atoms with Gasteiger partial charge in [-0.3, -0.25) is 9.59 Å². The minimum atomic E-state index is -0.626. The van der Waals surface area contributed by atoms with Crippen LogP contribution in [0.25, 0.3) is 0 Å². The van der Waals surface area contributed by atoms with Crippen LogP contribution < -0.4 is 10.1 Å². The van der Waals surface area contributed by atoms with Crippen LogP contribution in [0.15, 0.2) is 24.3 Å². The first-order valence-electron chi connectivity index (χ1n) is 13.7. The third kappa shape index (κ3) is 8.07. The quantitative estimate of drug-likeness (QED) is 0.464. The summed E-state index contributed by atoms with van der Waals surface area (Å²) in [7, 11) is 4.93. The zero-order valence-electron chi connectivity index (χ0n) is 24.2. The highest BCUT2D eigenvalue weighted by molar-refractivity contribution is 5.91. The third-order valence-electron chi connectivity index (χ3n) is 7.41. The third-order valence-corrected chi connectivity index (χ3v) is 7.41. The van der Waals surface area contributed by atoms with E-state index in [1.165, 1.54) is 29.2 Å². The van der Waals surface area contributed by atoms with Crippen molar-refractivity contribution in [2.24, 2.45) is 5.92 Å². The van der Waals surface area contributed by atoms with E-state index in [2.05, 4.69) is 26.1 Å². The smallest absolute Gasteiger partial charge is 0.334 e. The van der Waals surface area contributed by atoms with E-state index >= 15 is 0 Å². The molecule has 2 heterocycles. The Labute approximate surface area is 228 Å². The van der Waals surface area contributed by atoms with Crippen LogP contribution in [-0.4, -0.2) is 97.4 Å². The molecule has 2 atom stereocenters. The second-order valence-electron chi connectivity index (χ2n) is 9.85. The Morgan fingerprint density at radius 1 is 1.08 bits per heavy atom. The summed E-state index contributed by atoms with van der Waals surface area (Å²) in [5, 5.41) is 6.07. The van der Waals surface area contributed by atoms with Crippen molar-refractivity contribution < 1.29 is 23.9 Å². The number of ether oxygens (including phenoxy) is 2. The number of piperazine rings is 1. The fraction of sp³-hybridized carbons (Fsp3) is 0.679. The Kier molecular flexibility index (Phi) is 12.8. The summed E-state index contributed by atoms with van der Waals surface area (Å²) >= 11 is 0. The number of benzene rings is 1. The summed E-state index contributed by atoms with van der Waals surface area (Å²) in [6, 6.07) is 6.49. The number of methoxy groups -OCH3 is 2. The van der Waals surface area contributed by atoms with Gasteiger partial charge in [0.1, 0.15) is 18.0 Å². The van der Waals surface area contributed by atoms with Crippen molar-refractivity contribution in [2.45, 2.75) is 72.1 Å². The maximum atomic E-state index is 13.1. The molecule has 214 valence electrons. The van der Waals surface area contributed by atoms with E-state index in [1.54, 1.807) is 38.1 Å². The van der Waals surface area contributed by atoms with Crippen LogP contribution in [0, 0.1) is 5.92 Å². The predicted molar refractivity (Wildman–Crippen MR) is 147 cm³/mol. The fourth-order valence-electron chi connectivity index (χ4n) is 4.93. The first kappa shape index (κ1) is 31.4. The standard InChI is InChI=1S/C21H31N5O5.C7H16/c1-15-20(28)24(10-5-11-30-3)13-18-25(15)19(27)14-23(2)26(18)21(29)22-12-16-6-8-17(31-4)9-7-16;1-4-7(5-2)6-3/h6-9,15,18H,5,10-14H2,1-4H3,(H,22,29);7H,4-6H2,1-3H3. The molecule has 10 heteroatoms. The summed E-state index contributed by atoms with van der Waals surface area (Å²) in [6.45, 7) is 10.2. The summed E-state index contributed by atoms with van der Waals surface area (Å²) < 4.78 is 10.2. The van der Waals surface area contributed by atoms with E-state index in [-0.39, 0.29) is 30.9 Å². The van der Waals surface area contributed by atoms with Crippen molar-refractivity contribution in [1.29, 1.82) is 0 Å². The number of nitrogens with zero attached hydrogens (tertiary/aromatic N) is 4. The second-order valence-corrected chi connectivity index (χ2v) is 9.85. The van der Waals surface area contributed by atoms with Crippen molar-refractivity contribution in [1.82, 2.24) is 25.1 Å². The first-order chi connectivity index (χ1) is 18.2. The molecule has 4 amide bonds. The van der Waals surface area contributed by atoms with Gasteiger partial charge in [0, 0.05) is 33.9 Å². The number of hydrogen-bond donors (Lipinski definition) is 1. The number of carbonyl (C=O) groups is 3. The maximum Gasteiger partial charge on any atom is 0.334 e. The molecule has 2 fully saturated rings. The van der Waals surface area contributed by atoms with Crippen LogP contribution in [0.2, 0.25) is 0 Å². The monoisotopic (exact) mass is 533 g/mol. The van der Waals surface area contributed by atoms with E-state index in [0.29, 0.717) is 26.1 Å². The average Bonchev–Trinajstić information content (AvgIpc) is 2.91. The van der Waals surface area contributed by atoms with Gasteiger partial charge in [-0.2, -0.15) is 0 Å². The number of carbonyl (C=O) groups excluding carboxylic acids is 3. The van der Waals surface area contributed by atoms with Crippen LogP contribution in [0.3, 0.4) is 0 Å². The van der Waals surface area contributed by atoms with Crippen molar-refractivity contribution >= 4 is 17.8 Å². The molecular formula is C28H47N5O5. The van der Waals surface area contributed by atoms with Crippen LogP contribution in [0.4, 0.5) is 4.79 Å². The number of rotatable bonds is 10. The van der Waals surface area contributed by atoms with E-state index in [4.69, 9.17) is 9.47 Å². The SMILES string of the molecule is CCC(CC)CC.COCCCN1CC2N(C(=O)CN(C)N2C(=O)NCc2ccc(OC)cc2)C(C)C1=O. The lowest BCUT2D eigenvalue weighted by Gasteiger charge is -2.53. The second kappa shape index (κ2) is 15.5. The lowest BCUT2D eigenvalue weighted by Crippen LogP contribution is -2.75. The highest BCUT2D eigenvalue weighted by Crippen LogP contribution is 2.25. The van der Waals surface area contributed by atoms with Crippen LogP contribution in [0.5, 0.6) is 5.75 Å². The van der Waals surface area contributed by atoms with E-state index < -0.39 is 12.2 Å². The average molecular weight is 534 g/mol. The van der Waals surface area contributed by atoms with Crippen molar-refractivity contribution in [3.8, 4) is 5.75 Å². The molecule has 1 aromatic rings. The Balaban J connectivity index is 0.000000638. The van der Waals surface area contributed by atoms with Gasteiger partial charge in [-0.05, 0) is 37.0 Å². The predicted octanol–water partition coefficient (Wildman–Crippen LogP) is 3.32. The van der Waals surface area contributed by atoms with E-state index in [9.17, 15) is 14.4 Å². The number of amides is 4. The summed E-state index contributed by atoms with van der Waals surface area (Å²) in [6.07, 6.45) is 4.19. The lowest BCUT2D eigenvalue weighted by atomic mass is 10.0. The zero-order chi connectivity index (χ0) is 28.2. The summed E-state index contributed by atoms with van der Waals surface area (Å²) in [5.41, 5.74) is 0.926. The minimum Gasteiger partial charge on any atom is -0.497 e. The van der Waals surface area contributed by atoms with Gasteiger partial charge in [0.25, 0.3) is 0 Å². The number of hydrogen-bond acceptors (Lipinski definition) is 6. The Morgan fingerprint density at radius 2 is 1.71 bits per heavy atom. The molecule has 1 N–H and O–H groups in total. The molecule has 0 aliphatic carbocycles. The summed E-state index contributed by atoms with van der Waals surface area (Å²) in [4.78, 5) is 41.8. The molecule has 0 spiro atoms. The van der Waals surface area contributed by atoms with Crippen molar-refractivity contribution in [3.63, 3.8) is 0 Å². The topological polar surface area (TPSA) is 94.7 Å². The Bertz CT molecular complexity index is 887. The zero-order valence-corrected chi connectivity index (χ0v) is 24.2. The van der Waals surface area contributed by atoms with Crippen LogP contribution in [0.1, 0.15) is 58.9 Å². The largest absolute Gasteiger partial charge is 0.497 e. The molecule has 0 saturated carbocycles. The fourth-order valence-corrected chi connectivity index (χ4v) is 4.93. The van der Waals surface area contributed by atoms with Gasteiger partial charge in [-0.25, -0.2) is 14.8 Å². The molecular weight excluding hydrogens is 486 g/mol. The lowest BCUT2D eigenvalue weighted by molar-refractivity contribution is -0.185. The van der Waals surface area contributed by atoms with Gasteiger partial charge < -0.3 is 24.6 Å². The highest BCUT2D eigenvalue weighted by Gasteiger charge is 2.48. The van der Waals surface area contributed by atoms with Crippen molar-refractivity contribution in [2.75, 3.05) is 47.5 Å². The number of urea groups is 1. The molecule has 10 nitrogen and oxygen atoms in total. The van der Waals surface area contributed by atoms with Crippen LogP contribution in [-0.2, 0) is 20.9 Å². The molecule has 0 bridgehead atoms. The highest BCUT2D eigenvalue weighted by atomic mass is 16.5. The van der Waals surface area contributed by atoms with Crippen molar-refractivity contribution in [3.05, 3.63) is 29.8 Å². The van der Waals surface area contributed by atoms with E-state index in [0.717, 1.165) is 17.2 Å². The van der Waals surface area contributed by atoms with Gasteiger partial charge in [0.05, 0.1) is 20.2 Å². The first-order valence-corrected chi connectivity index (χ1v) is 13.7. The molecule has 2 aliphatic heterocycles.